The van der Waals surface area contributed by atoms with Crippen LogP contribution in [0.25, 0.3) is 0 Å². The lowest BCUT2D eigenvalue weighted by molar-refractivity contribution is -0.140. The molecule has 3 aromatic rings. The molecule has 0 aliphatic rings. The van der Waals surface area contributed by atoms with E-state index in [9.17, 15) is 18.0 Å². The number of ether oxygens (including phenoxy) is 1. The SMILES string of the molecule is COc1ccc(CN(C(=O)CN(c2cccc(Cl)c2C)S(=O)(=O)c2ccc(C)cc2)[C@@H](C)C(=O)NC(C)(C)C)cc1. The lowest BCUT2D eigenvalue weighted by atomic mass is 10.1. The molecule has 0 heterocycles. The summed E-state index contributed by atoms with van der Waals surface area (Å²) in [6.07, 6.45) is 0. The van der Waals surface area contributed by atoms with E-state index >= 15 is 0 Å². The van der Waals surface area contributed by atoms with Crippen LogP contribution in [-0.4, -0.2) is 50.4 Å². The van der Waals surface area contributed by atoms with E-state index in [4.69, 9.17) is 16.3 Å². The third-order valence-corrected chi connectivity index (χ3v) is 8.76. The Kier molecular flexibility index (Phi) is 10.1. The summed E-state index contributed by atoms with van der Waals surface area (Å²) in [6, 6.07) is 17.6. The number of benzene rings is 3. The lowest BCUT2D eigenvalue weighted by Gasteiger charge is -2.34. The number of nitrogens with one attached hydrogen (secondary N) is 1. The molecule has 0 unspecified atom stereocenters. The van der Waals surface area contributed by atoms with Crippen LogP contribution in [0.5, 0.6) is 5.75 Å². The van der Waals surface area contributed by atoms with Gasteiger partial charge in [-0.3, -0.25) is 13.9 Å². The standard InChI is InChI=1S/C31H38ClN3O5S/c1-21-11-17-26(18-12-21)41(38,39)35(28-10-8-9-27(32)22(28)2)20-29(36)34(23(3)30(37)33-31(4,5)6)19-24-13-15-25(40-7)16-14-24/h8-18,23H,19-20H2,1-7H3,(H,33,37)/t23-/m0/s1. The van der Waals surface area contributed by atoms with E-state index < -0.39 is 34.1 Å². The van der Waals surface area contributed by atoms with Crippen molar-refractivity contribution in [1.29, 1.82) is 0 Å². The first-order valence-corrected chi connectivity index (χ1v) is 15.0. The molecular weight excluding hydrogens is 562 g/mol. The van der Waals surface area contributed by atoms with Crippen LogP contribution in [0.3, 0.4) is 0 Å². The molecule has 0 aromatic heterocycles. The molecule has 0 spiro atoms. The van der Waals surface area contributed by atoms with E-state index in [0.29, 0.717) is 16.3 Å². The number of sulfonamides is 1. The van der Waals surface area contributed by atoms with Crippen LogP contribution in [0.15, 0.2) is 71.6 Å². The maximum atomic E-state index is 14.1. The number of hydrogen-bond donors (Lipinski definition) is 1. The summed E-state index contributed by atoms with van der Waals surface area (Å²) in [5.41, 5.74) is 1.91. The van der Waals surface area contributed by atoms with Crippen LogP contribution in [-0.2, 0) is 26.2 Å². The van der Waals surface area contributed by atoms with Gasteiger partial charge in [0.15, 0.2) is 0 Å². The quantitative estimate of drug-likeness (QED) is 0.332. The van der Waals surface area contributed by atoms with Crippen molar-refractivity contribution >= 4 is 39.1 Å². The van der Waals surface area contributed by atoms with Gasteiger partial charge in [0.05, 0.1) is 17.7 Å². The van der Waals surface area contributed by atoms with Gasteiger partial charge in [0.1, 0.15) is 18.3 Å². The Balaban J connectivity index is 2.07. The van der Waals surface area contributed by atoms with Crippen molar-refractivity contribution in [1.82, 2.24) is 10.2 Å². The molecule has 0 saturated carbocycles. The third-order valence-electron chi connectivity index (χ3n) is 6.57. The Labute approximate surface area is 248 Å². The van der Waals surface area contributed by atoms with Crippen LogP contribution in [0, 0.1) is 13.8 Å². The Morgan fingerprint density at radius 2 is 1.59 bits per heavy atom. The van der Waals surface area contributed by atoms with Gasteiger partial charge in [-0.15, -0.1) is 0 Å². The number of methoxy groups -OCH3 is 1. The van der Waals surface area contributed by atoms with Crippen LogP contribution in [0.2, 0.25) is 5.02 Å². The molecular formula is C31H38ClN3O5S. The zero-order valence-electron chi connectivity index (χ0n) is 24.6. The number of halogens is 1. The summed E-state index contributed by atoms with van der Waals surface area (Å²) in [5, 5.41) is 3.29. The molecule has 3 rings (SSSR count). The molecule has 0 bridgehead atoms. The summed E-state index contributed by atoms with van der Waals surface area (Å²) < 4.78 is 34.3. The van der Waals surface area contributed by atoms with Gasteiger partial charge in [0.25, 0.3) is 10.0 Å². The molecule has 2 amide bonds. The van der Waals surface area contributed by atoms with Gasteiger partial charge in [-0.1, -0.05) is 47.5 Å². The van der Waals surface area contributed by atoms with Gasteiger partial charge in [-0.05, 0) is 89.1 Å². The summed E-state index contributed by atoms with van der Waals surface area (Å²) in [7, 11) is -2.63. The molecule has 220 valence electrons. The first-order valence-electron chi connectivity index (χ1n) is 13.2. The number of nitrogens with zero attached hydrogens (tertiary/aromatic N) is 2. The van der Waals surface area contributed by atoms with Crippen LogP contribution < -0.4 is 14.4 Å². The smallest absolute Gasteiger partial charge is 0.264 e. The minimum atomic E-state index is -4.19. The van der Waals surface area contributed by atoms with Gasteiger partial charge in [0.2, 0.25) is 11.8 Å². The number of rotatable bonds is 10. The highest BCUT2D eigenvalue weighted by Gasteiger charge is 2.34. The monoisotopic (exact) mass is 599 g/mol. The number of aryl methyl sites for hydroxylation is 1. The molecule has 0 radical (unpaired) electrons. The lowest BCUT2D eigenvalue weighted by Crippen LogP contribution is -2.54. The summed E-state index contributed by atoms with van der Waals surface area (Å²) in [4.78, 5) is 28.7. The van der Waals surface area contributed by atoms with Crippen molar-refractivity contribution in [3.63, 3.8) is 0 Å². The van der Waals surface area contributed by atoms with Gasteiger partial charge < -0.3 is 15.0 Å². The van der Waals surface area contributed by atoms with Crippen LogP contribution >= 0.6 is 11.6 Å². The van der Waals surface area contributed by atoms with Crippen molar-refractivity contribution in [3.8, 4) is 5.75 Å². The molecule has 0 aliphatic heterocycles. The average Bonchev–Trinajstić information content (AvgIpc) is 2.91. The van der Waals surface area contributed by atoms with E-state index in [2.05, 4.69) is 5.32 Å². The molecule has 10 heteroatoms. The van der Waals surface area contributed by atoms with Crippen LogP contribution in [0.4, 0.5) is 5.69 Å². The number of carbonyl (C=O) groups excluding carboxylic acids is 2. The van der Waals surface area contributed by atoms with Crippen LogP contribution in [0.1, 0.15) is 44.4 Å². The second kappa shape index (κ2) is 13.0. The summed E-state index contributed by atoms with van der Waals surface area (Å²) in [5.74, 6) is -0.254. The Morgan fingerprint density at radius 3 is 2.15 bits per heavy atom. The fourth-order valence-electron chi connectivity index (χ4n) is 4.20. The largest absolute Gasteiger partial charge is 0.497 e. The predicted octanol–water partition coefficient (Wildman–Crippen LogP) is 5.49. The van der Waals surface area contributed by atoms with Gasteiger partial charge in [-0.25, -0.2) is 8.42 Å². The molecule has 1 N–H and O–H groups in total. The van der Waals surface area contributed by atoms with E-state index in [0.717, 1.165) is 15.4 Å². The average molecular weight is 600 g/mol. The second-order valence-corrected chi connectivity index (χ2v) is 13.3. The fraction of sp³-hybridized carbons (Fsp3) is 0.355. The number of hydrogen-bond acceptors (Lipinski definition) is 5. The number of amides is 2. The molecule has 0 aliphatic carbocycles. The summed E-state index contributed by atoms with van der Waals surface area (Å²) >= 11 is 6.38. The minimum Gasteiger partial charge on any atom is -0.497 e. The van der Waals surface area contributed by atoms with Gasteiger partial charge in [0, 0.05) is 17.1 Å². The van der Waals surface area contributed by atoms with Crippen molar-refractivity contribution in [2.75, 3.05) is 18.0 Å². The normalized spacial score (nSPS) is 12.4. The topological polar surface area (TPSA) is 96.0 Å². The maximum absolute atomic E-state index is 14.1. The van der Waals surface area contributed by atoms with E-state index in [1.807, 2.05) is 27.7 Å². The number of anilines is 1. The highest BCUT2D eigenvalue weighted by atomic mass is 35.5. The van der Waals surface area contributed by atoms with Gasteiger partial charge >= 0.3 is 0 Å². The van der Waals surface area contributed by atoms with E-state index in [-0.39, 0.29) is 23.0 Å². The molecule has 1 atom stereocenters. The second-order valence-electron chi connectivity index (χ2n) is 11.0. The van der Waals surface area contributed by atoms with Crippen molar-refractivity contribution in [2.45, 2.75) is 64.6 Å². The zero-order valence-corrected chi connectivity index (χ0v) is 26.1. The molecule has 8 nitrogen and oxygen atoms in total. The fourth-order valence-corrected chi connectivity index (χ4v) is 5.84. The first kappa shape index (κ1) is 32.0. The Hall–Kier alpha value is -3.56. The first-order chi connectivity index (χ1) is 19.1. The predicted molar refractivity (Wildman–Crippen MR) is 163 cm³/mol. The molecule has 0 saturated heterocycles. The van der Waals surface area contributed by atoms with Crippen molar-refractivity contribution < 1.29 is 22.7 Å². The third kappa shape index (κ3) is 8.01. The Bertz CT molecular complexity index is 1480. The summed E-state index contributed by atoms with van der Waals surface area (Å²) in [6.45, 7) is 10.3. The minimum absolute atomic E-state index is 0.0375. The van der Waals surface area contributed by atoms with E-state index in [1.165, 1.54) is 17.0 Å². The van der Waals surface area contributed by atoms with Crippen molar-refractivity contribution in [3.05, 3.63) is 88.4 Å². The van der Waals surface area contributed by atoms with Gasteiger partial charge in [-0.2, -0.15) is 0 Å². The highest BCUT2D eigenvalue weighted by Crippen LogP contribution is 2.31. The number of carbonyl (C=O) groups is 2. The highest BCUT2D eigenvalue weighted by molar-refractivity contribution is 7.92. The molecule has 0 fully saturated rings. The molecule has 41 heavy (non-hydrogen) atoms. The maximum Gasteiger partial charge on any atom is 0.264 e. The van der Waals surface area contributed by atoms with E-state index in [1.54, 1.807) is 75.6 Å². The molecule has 3 aromatic carbocycles. The Morgan fingerprint density at radius 1 is 0.976 bits per heavy atom. The van der Waals surface area contributed by atoms with Crippen molar-refractivity contribution in [2.24, 2.45) is 0 Å². The zero-order chi connectivity index (χ0) is 30.5.